The number of carbonyl (C=O) groups excluding carboxylic acids is 1. The van der Waals surface area contributed by atoms with E-state index in [4.69, 9.17) is 5.26 Å². The molecule has 0 spiro atoms. The van der Waals surface area contributed by atoms with Gasteiger partial charge in [0.15, 0.2) is 0 Å². The molecule has 18 heavy (non-hydrogen) atoms. The molecule has 0 saturated carbocycles. The van der Waals surface area contributed by atoms with E-state index >= 15 is 0 Å². The van der Waals surface area contributed by atoms with Crippen molar-refractivity contribution >= 4 is 11.6 Å². The van der Waals surface area contributed by atoms with Gasteiger partial charge in [0.25, 0.3) is 5.91 Å². The molecule has 1 aromatic heterocycles. The highest BCUT2D eigenvalue weighted by Crippen LogP contribution is 2.19. The third-order valence-electron chi connectivity index (χ3n) is 2.62. The van der Waals surface area contributed by atoms with Gasteiger partial charge >= 0.3 is 0 Å². The fraction of sp³-hybridized carbons (Fsp3) is 0.0714. The van der Waals surface area contributed by atoms with Crippen molar-refractivity contribution in [3.63, 3.8) is 0 Å². The molecule has 1 amide bonds. The Morgan fingerprint density at radius 3 is 2.56 bits per heavy atom. The van der Waals surface area contributed by atoms with Gasteiger partial charge in [0, 0.05) is 25.0 Å². The number of amides is 1. The monoisotopic (exact) mass is 237 g/mol. The van der Waals surface area contributed by atoms with Gasteiger partial charge in [0.2, 0.25) is 0 Å². The number of hydrogen-bond donors (Lipinski definition) is 0. The van der Waals surface area contributed by atoms with Crippen LogP contribution in [0.15, 0.2) is 48.8 Å². The van der Waals surface area contributed by atoms with Crippen molar-refractivity contribution in [1.82, 2.24) is 4.98 Å². The Balaban J connectivity index is 2.35. The van der Waals surface area contributed by atoms with Crippen LogP contribution in [0.3, 0.4) is 0 Å². The summed E-state index contributed by atoms with van der Waals surface area (Å²) in [7, 11) is 1.65. The smallest absolute Gasteiger partial charge is 0.258 e. The SMILES string of the molecule is CN(C(=O)c1ccncc1)c1ccccc1C#N. The predicted octanol–water partition coefficient (Wildman–Crippen LogP) is 2.23. The fourth-order valence-electron chi connectivity index (χ4n) is 1.66. The summed E-state index contributed by atoms with van der Waals surface area (Å²) in [5.41, 5.74) is 1.62. The first-order valence-electron chi connectivity index (χ1n) is 5.41. The molecule has 0 fully saturated rings. The zero-order chi connectivity index (χ0) is 13.0. The molecule has 0 saturated heterocycles. The van der Waals surface area contributed by atoms with Crippen LogP contribution in [-0.4, -0.2) is 17.9 Å². The van der Waals surface area contributed by atoms with Gasteiger partial charge in [-0.25, -0.2) is 0 Å². The molecule has 0 aliphatic heterocycles. The van der Waals surface area contributed by atoms with E-state index in [1.54, 1.807) is 55.8 Å². The van der Waals surface area contributed by atoms with Gasteiger partial charge in [0.1, 0.15) is 6.07 Å². The summed E-state index contributed by atoms with van der Waals surface area (Å²) < 4.78 is 0. The standard InChI is InChI=1S/C14H11N3O/c1-17(13-5-3-2-4-12(13)10-15)14(18)11-6-8-16-9-7-11/h2-9H,1H3. The van der Waals surface area contributed by atoms with Crippen LogP contribution in [0.1, 0.15) is 15.9 Å². The molecular formula is C14H11N3O. The molecule has 4 nitrogen and oxygen atoms in total. The van der Waals surface area contributed by atoms with E-state index in [0.29, 0.717) is 16.8 Å². The van der Waals surface area contributed by atoms with Gasteiger partial charge in [-0.05, 0) is 24.3 Å². The predicted molar refractivity (Wildman–Crippen MR) is 68.1 cm³/mol. The lowest BCUT2D eigenvalue weighted by atomic mass is 10.1. The summed E-state index contributed by atoms with van der Waals surface area (Å²) in [6.07, 6.45) is 3.13. The zero-order valence-electron chi connectivity index (χ0n) is 9.87. The number of para-hydroxylation sites is 1. The summed E-state index contributed by atoms with van der Waals surface area (Å²) >= 11 is 0. The molecule has 2 aromatic rings. The number of nitrogens with zero attached hydrogens (tertiary/aromatic N) is 3. The summed E-state index contributed by atoms with van der Waals surface area (Å²) in [5, 5.41) is 9.02. The lowest BCUT2D eigenvalue weighted by molar-refractivity contribution is 0.0993. The van der Waals surface area contributed by atoms with Crippen molar-refractivity contribution in [2.45, 2.75) is 0 Å². The van der Waals surface area contributed by atoms with Crippen molar-refractivity contribution in [2.75, 3.05) is 11.9 Å². The van der Waals surface area contributed by atoms with Crippen molar-refractivity contribution in [3.05, 3.63) is 59.9 Å². The van der Waals surface area contributed by atoms with Gasteiger partial charge in [-0.15, -0.1) is 0 Å². The number of hydrogen-bond acceptors (Lipinski definition) is 3. The average molecular weight is 237 g/mol. The normalized spacial score (nSPS) is 9.56. The van der Waals surface area contributed by atoms with E-state index < -0.39 is 0 Å². The third kappa shape index (κ3) is 2.20. The van der Waals surface area contributed by atoms with Gasteiger partial charge in [-0.1, -0.05) is 12.1 Å². The Bertz CT molecular complexity index is 602. The minimum absolute atomic E-state index is 0.167. The molecule has 0 N–H and O–H groups in total. The molecule has 0 bridgehead atoms. The average Bonchev–Trinajstić information content (AvgIpc) is 2.46. The van der Waals surface area contributed by atoms with Crippen LogP contribution < -0.4 is 4.90 Å². The van der Waals surface area contributed by atoms with Crippen LogP contribution in [-0.2, 0) is 0 Å². The minimum Gasteiger partial charge on any atom is -0.310 e. The van der Waals surface area contributed by atoms with E-state index in [1.807, 2.05) is 0 Å². The summed E-state index contributed by atoms with van der Waals surface area (Å²) in [5.74, 6) is -0.167. The van der Waals surface area contributed by atoms with Crippen molar-refractivity contribution in [1.29, 1.82) is 5.26 Å². The highest BCUT2D eigenvalue weighted by atomic mass is 16.2. The number of benzene rings is 1. The molecule has 2 rings (SSSR count). The quantitative estimate of drug-likeness (QED) is 0.804. The molecule has 0 atom stereocenters. The van der Waals surface area contributed by atoms with Crippen LogP contribution >= 0.6 is 0 Å². The van der Waals surface area contributed by atoms with Gasteiger partial charge < -0.3 is 4.90 Å². The van der Waals surface area contributed by atoms with Crippen LogP contribution in [0.4, 0.5) is 5.69 Å². The molecule has 0 aliphatic rings. The minimum atomic E-state index is -0.167. The highest BCUT2D eigenvalue weighted by Gasteiger charge is 2.15. The maximum atomic E-state index is 12.2. The Kier molecular flexibility index (Phi) is 3.35. The number of anilines is 1. The molecule has 1 aromatic carbocycles. The lowest BCUT2D eigenvalue weighted by Gasteiger charge is -2.18. The zero-order valence-corrected chi connectivity index (χ0v) is 9.87. The number of aromatic nitrogens is 1. The Labute approximate surface area is 105 Å². The van der Waals surface area contributed by atoms with Crippen molar-refractivity contribution in [2.24, 2.45) is 0 Å². The molecule has 4 heteroatoms. The molecule has 0 radical (unpaired) electrons. The lowest BCUT2D eigenvalue weighted by Crippen LogP contribution is -2.26. The first-order chi connectivity index (χ1) is 8.74. The summed E-state index contributed by atoms with van der Waals surface area (Å²) in [4.78, 5) is 17.5. The largest absolute Gasteiger partial charge is 0.310 e. The Morgan fingerprint density at radius 2 is 1.89 bits per heavy atom. The number of rotatable bonds is 2. The molecular weight excluding hydrogens is 226 g/mol. The number of carbonyl (C=O) groups is 1. The van der Waals surface area contributed by atoms with E-state index in [-0.39, 0.29) is 5.91 Å². The second-order valence-electron chi connectivity index (χ2n) is 3.73. The van der Waals surface area contributed by atoms with Crippen molar-refractivity contribution in [3.8, 4) is 6.07 Å². The van der Waals surface area contributed by atoms with Crippen LogP contribution in [0.25, 0.3) is 0 Å². The summed E-state index contributed by atoms with van der Waals surface area (Å²) in [6, 6.07) is 12.4. The van der Waals surface area contributed by atoms with Crippen LogP contribution in [0, 0.1) is 11.3 Å². The maximum Gasteiger partial charge on any atom is 0.258 e. The number of nitriles is 1. The van der Waals surface area contributed by atoms with E-state index in [1.165, 1.54) is 4.90 Å². The Hall–Kier alpha value is -2.67. The highest BCUT2D eigenvalue weighted by molar-refractivity contribution is 6.06. The molecule has 1 heterocycles. The topological polar surface area (TPSA) is 57.0 Å². The first kappa shape index (κ1) is 11.8. The Morgan fingerprint density at radius 1 is 1.22 bits per heavy atom. The second kappa shape index (κ2) is 5.11. The maximum absolute atomic E-state index is 12.2. The molecule has 0 aliphatic carbocycles. The summed E-state index contributed by atoms with van der Waals surface area (Å²) in [6.45, 7) is 0. The van der Waals surface area contributed by atoms with E-state index in [0.717, 1.165) is 0 Å². The van der Waals surface area contributed by atoms with Crippen LogP contribution in [0.5, 0.6) is 0 Å². The van der Waals surface area contributed by atoms with Crippen LogP contribution in [0.2, 0.25) is 0 Å². The van der Waals surface area contributed by atoms with Crippen molar-refractivity contribution < 1.29 is 4.79 Å². The molecule has 0 unspecified atom stereocenters. The first-order valence-corrected chi connectivity index (χ1v) is 5.41. The second-order valence-corrected chi connectivity index (χ2v) is 3.73. The fourth-order valence-corrected chi connectivity index (χ4v) is 1.66. The van der Waals surface area contributed by atoms with Gasteiger partial charge in [-0.2, -0.15) is 5.26 Å². The van der Waals surface area contributed by atoms with Gasteiger partial charge in [0.05, 0.1) is 11.3 Å². The van der Waals surface area contributed by atoms with E-state index in [9.17, 15) is 4.79 Å². The van der Waals surface area contributed by atoms with E-state index in [2.05, 4.69) is 11.1 Å². The van der Waals surface area contributed by atoms with Gasteiger partial charge in [-0.3, -0.25) is 9.78 Å². The third-order valence-corrected chi connectivity index (χ3v) is 2.62. The molecule has 88 valence electrons. The number of pyridine rings is 1.